The molecule has 13 heteroatoms. The molecule has 0 heterocycles. The fourth-order valence-electron chi connectivity index (χ4n) is 5.02. The van der Waals surface area contributed by atoms with Crippen molar-refractivity contribution in [3.8, 4) is 11.1 Å². The summed E-state index contributed by atoms with van der Waals surface area (Å²) in [6, 6.07) is 20.8. The molecule has 0 aromatic heterocycles. The highest BCUT2D eigenvalue weighted by atomic mass is 19.4. The lowest BCUT2D eigenvalue weighted by molar-refractivity contribution is -0.138. The van der Waals surface area contributed by atoms with Crippen molar-refractivity contribution in [2.75, 3.05) is 15.5 Å². The van der Waals surface area contributed by atoms with Crippen LogP contribution >= 0.6 is 0 Å². The van der Waals surface area contributed by atoms with Crippen LogP contribution in [0.3, 0.4) is 0 Å². The normalized spacial score (nSPS) is 12.2. The maximum Gasteiger partial charge on any atom is 0.417 e. The molecule has 50 heavy (non-hydrogen) atoms. The van der Waals surface area contributed by atoms with E-state index < -0.39 is 53.4 Å². The predicted octanol–water partition coefficient (Wildman–Crippen LogP) is 11.4. The maximum atomic E-state index is 14.6. The fraction of sp³-hybridized carbons (Fsp3) is 0.297. The van der Waals surface area contributed by atoms with Crippen LogP contribution in [0.5, 0.6) is 0 Å². The van der Waals surface area contributed by atoms with Crippen LogP contribution in [0.15, 0.2) is 91.0 Å². The zero-order valence-electron chi connectivity index (χ0n) is 28.2. The van der Waals surface area contributed by atoms with Crippen molar-refractivity contribution in [2.24, 2.45) is 0 Å². The van der Waals surface area contributed by atoms with Crippen molar-refractivity contribution >= 4 is 34.9 Å². The minimum Gasteiger partial charge on any atom is -0.444 e. The smallest absolute Gasteiger partial charge is 0.417 e. The molecule has 0 fully saturated rings. The summed E-state index contributed by atoms with van der Waals surface area (Å²) in [5.41, 5.74) is -4.06. The average molecular weight is 702 g/mol. The quantitative estimate of drug-likeness (QED) is 0.188. The van der Waals surface area contributed by atoms with Crippen LogP contribution in [0, 0.1) is 0 Å². The molecular weight excluding hydrogens is 664 g/mol. The Morgan fingerprint density at radius 3 is 1.60 bits per heavy atom. The van der Waals surface area contributed by atoms with Gasteiger partial charge in [-0.05, 0) is 95.1 Å². The van der Waals surface area contributed by atoms with Gasteiger partial charge in [0.15, 0.2) is 0 Å². The maximum absolute atomic E-state index is 14.6. The second-order valence-corrected chi connectivity index (χ2v) is 13.3. The number of carbonyl (C=O) groups excluding carboxylic acids is 2. The van der Waals surface area contributed by atoms with Gasteiger partial charge in [-0.3, -0.25) is 10.6 Å². The van der Waals surface area contributed by atoms with Gasteiger partial charge in [-0.15, -0.1) is 0 Å². The van der Waals surface area contributed by atoms with Gasteiger partial charge < -0.3 is 14.4 Å². The number of rotatable bonds is 7. The summed E-state index contributed by atoms with van der Waals surface area (Å²) >= 11 is 0. The molecule has 4 rings (SSSR count). The number of hydrogen-bond donors (Lipinski definition) is 2. The van der Waals surface area contributed by atoms with Crippen LogP contribution in [-0.2, 0) is 28.4 Å². The van der Waals surface area contributed by atoms with Gasteiger partial charge in [-0.25, -0.2) is 9.59 Å². The van der Waals surface area contributed by atoms with Crippen LogP contribution in [-0.4, -0.2) is 23.4 Å². The summed E-state index contributed by atoms with van der Waals surface area (Å²) < 4.78 is 97.7. The Morgan fingerprint density at radius 2 is 1.08 bits per heavy atom. The van der Waals surface area contributed by atoms with Gasteiger partial charge in [0.25, 0.3) is 0 Å². The minimum absolute atomic E-state index is 0.0734. The second kappa shape index (κ2) is 14.3. The van der Waals surface area contributed by atoms with Crippen molar-refractivity contribution in [1.29, 1.82) is 0 Å². The lowest BCUT2D eigenvalue weighted by Crippen LogP contribution is -2.27. The highest BCUT2D eigenvalue weighted by Gasteiger charge is 2.37. The number of nitrogens with one attached hydrogen (secondary N) is 2. The highest BCUT2D eigenvalue weighted by molar-refractivity contribution is 5.89. The molecule has 0 aliphatic heterocycles. The third-order valence-corrected chi connectivity index (χ3v) is 6.91. The van der Waals surface area contributed by atoms with E-state index >= 15 is 0 Å². The lowest BCUT2D eigenvalue weighted by atomic mass is 9.95. The molecule has 0 aliphatic carbocycles. The summed E-state index contributed by atoms with van der Waals surface area (Å²) in [4.78, 5) is 26.1. The molecule has 0 spiro atoms. The first-order chi connectivity index (χ1) is 23.1. The van der Waals surface area contributed by atoms with E-state index in [9.17, 15) is 35.9 Å². The van der Waals surface area contributed by atoms with Crippen molar-refractivity contribution in [3.63, 3.8) is 0 Å². The molecule has 0 bridgehead atoms. The van der Waals surface area contributed by atoms with E-state index in [1.165, 1.54) is 47.4 Å². The molecule has 266 valence electrons. The molecule has 4 aromatic carbocycles. The largest absolute Gasteiger partial charge is 0.444 e. The van der Waals surface area contributed by atoms with Crippen molar-refractivity contribution < 1.29 is 45.4 Å². The van der Waals surface area contributed by atoms with Crippen LogP contribution in [0.4, 0.5) is 58.7 Å². The standard InChI is InChI=1S/C37H37F6N3O4/c1-34(2,3)49-32(47)44-24-17-16-23(29(20-24)36(38,39)40)22-46(26-12-8-7-9-13-26)31-15-11-10-14-28(31)27-19-18-25(21-30(27)37(41,42)43)45-33(48)50-35(4,5)6/h7-21H,22H2,1-6H3,(H,44,47)(H,45,48). The van der Waals surface area contributed by atoms with Gasteiger partial charge >= 0.3 is 24.5 Å². The van der Waals surface area contributed by atoms with Crippen LogP contribution in [0.1, 0.15) is 58.2 Å². The Morgan fingerprint density at radius 1 is 0.600 bits per heavy atom. The zero-order valence-corrected chi connectivity index (χ0v) is 28.2. The summed E-state index contributed by atoms with van der Waals surface area (Å²) in [6.07, 6.45) is -11.6. The molecule has 0 radical (unpaired) electrons. The molecule has 2 amide bonds. The zero-order chi connectivity index (χ0) is 37.1. The Kier molecular flexibility index (Phi) is 10.8. The number of carbonyl (C=O) groups is 2. The van der Waals surface area contributed by atoms with E-state index in [1.807, 2.05) is 0 Å². The molecule has 0 aliphatic rings. The Bertz CT molecular complexity index is 1830. The Hall–Kier alpha value is -5.20. The molecular formula is C37H37F6N3O4. The number of benzene rings is 4. The molecule has 0 saturated heterocycles. The van der Waals surface area contributed by atoms with Gasteiger partial charge in [0.1, 0.15) is 11.2 Å². The number of anilines is 4. The third-order valence-electron chi connectivity index (χ3n) is 6.91. The van der Waals surface area contributed by atoms with Crippen LogP contribution in [0.25, 0.3) is 11.1 Å². The van der Waals surface area contributed by atoms with Gasteiger partial charge in [0.05, 0.1) is 11.1 Å². The first kappa shape index (κ1) is 37.6. The average Bonchev–Trinajstić information content (AvgIpc) is 2.98. The molecule has 0 unspecified atom stereocenters. The SMILES string of the molecule is CC(C)(C)OC(=O)Nc1ccc(CN(c2ccccc2)c2ccccc2-c2ccc(NC(=O)OC(C)(C)C)cc2C(F)(F)F)c(C(F)(F)F)c1. The highest BCUT2D eigenvalue weighted by Crippen LogP contribution is 2.44. The second-order valence-electron chi connectivity index (χ2n) is 13.3. The van der Waals surface area contributed by atoms with Crippen molar-refractivity contribution in [1.82, 2.24) is 0 Å². The molecule has 0 atom stereocenters. The van der Waals surface area contributed by atoms with E-state index in [0.29, 0.717) is 5.69 Å². The Balaban J connectivity index is 1.82. The Labute approximate surface area is 286 Å². The molecule has 7 nitrogen and oxygen atoms in total. The molecule has 0 saturated carbocycles. The van der Waals surface area contributed by atoms with Crippen molar-refractivity contribution in [3.05, 3.63) is 108 Å². The number of para-hydroxylation sites is 2. The summed E-state index contributed by atoms with van der Waals surface area (Å²) in [5.74, 6) is 0. The first-order valence-electron chi connectivity index (χ1n) is 15.4. The van der Waals surface area contributed by atoms with Crippen LogP contribution in [0.2, 0.25) is 0 Å². The topological polar surface area (TPSA) is 79.9 Å². The van der Waals surface area contributed by atoms with E-state index in [4.69, 9.17) is 9.47 Å². The number of ether oxygens (including phenoxy) is 2. The summed E-state index contributed by atoms with van der Waals surface area (Å²) in [6.45, 7) is 9.25. The van der Waals surface area contributed by atoms with E-state index in [-0.39, 0.29) is 33.8 Å². The number of alkyl halides is 6. The van der Waals surface area contributed by atoms with Gasteiger partial charge in [-0.2, -0.15) is 26.3 Å². The number of nitrogens with zero attached hydrogens (tertiary/aromatic N) is 1. The minimum atomic E-state index is -4.88. The summed E-state index contributed by atoms with van der Waals surface area (Å²) in [7, 11) is 0. The fourth-order valence-corrected chi connectivity index (χ4v) is 5.02. The molecule has 4 aromatic rings. The monoisotopic (exact) mass is 701 g/mol. The van der Waals surface area contributed by atoms with E-state index in [1.54, 1.807) is 77.9 Å². The van der Waals surface area contributed by atoms with Crippen LogP contribution < -0.4 is 15.5 Å². The number of halogens is 6. The molecule has 2 N–H and O–H groups in total. The number of hydrogen-bond acceptors (Lipinski definition) is 5. The third kappa shape index (κ3) is 10.2. The summed E-state index contributed by atoms with van der Waals surface area (Å²) in [5, 5.41) is 4.64. The first-order valence-corrected chi connectivity index (χ1v) is 15.4. The van der Waals surface area contributed by atoms with E-state index in [0.717, 1.165) is 12.1 Å². The van der Waals surface area contributed by atoms with Crippen molar-refractivity contribution in [2.45, 2.75) is 71.6 Å². The predicted molar refractivity (Wildman–Crippen MR) is 180 cm³/mol. The lowest BCUT2D eigenvalue weighted by Gasteiger charge is -2.30. The van der Waals surface area contributed by atoms with Gasteiger partial charge in [0, 0.05) is 34.9 Å². The van der Waals surface area contributed by atoms with Gasteiger partial charge in [-0.1, -0.05) is 48.5 Å². The number of amides is 2. The van der Waals surface area contributed by atoms with Gasteiger partial charge in [0.2, 0.25) is 0 Å². The van der Waals surface area contributed by atoms with E-state index in [2.05, 4.69) is 10.6 Å².